The zero-order valence-corrected chi connectivity index (χ0v) is 14.0. The quantitative estimate of drug-likeness (QED) is 0.459. The third kappa shape index (κ3) is 7.62. The topological polar surface area (TPSA) is 105 Å². The Balaban J connectivity index is 2.56. The van der Waals surface area contributed by atoms with E-state index in [2.05, 4.69) is 10.6 Å². The number of phenols is 1. The molecule has 0 aliphatic carbocycles. The van der Waals surface area contributed by atoms with Crippen LogP contribution in [0.25, 0.3) is 0 Å². The minimum Gasteiger partial charge on any atom is -0.508 e. The molecule has 0 heterocycles. The second-order valence-corrected chi connectivity index (χ2v) is 5.42. The van der Waals surface area contributed by atoms with E-state index in [9.17, 15) is 19.5 Å². The van der Waals surface area contributed by atoms with Gasteiger partial charge in [0, 0.05) is 13.3 Å². The highest BCUT2D eigenvalue weighted by Crippen LogP contribution is 2.11. The first-order chi connectivity index (χ1) is 11.4. The maximum atomic E-state index is 12.2. The number of hydrogen-bond acceptors (Lipinski definition) is 5. The Morgan fingerprint density at radius 1 is 1.21 bits per heavy atom. The molecule has 0 bridgehead atoms. The van der Waals surface area contributed by atoms with E-state index in [1.54, 1.807) is 12.1 Å². The first kappa shape index (κ1) is 19.5. The Kier molecular flexibility index (Phi) is 8.32. The van der Waals surface area contributed by atoms with Gasteiger partial charge in [-0.15, -0.1) is 0 Å². The minimum absolute atomic E-state index is 0.120. The summed E-state index contributed by atoms with van der Waals surface area (Å²) < 4.78 is 4.96. The predicted molar refractivity (Wildman–Crippen MR) is 88.3 cm³/mol. The van der Waals surface area contributed by atoms with Crippen LogP contribution in [0.5, 0.6) is 5.75 Å². The number of esters is 1. The van der Waals surface area contributed by atoms with Gasteiger partial charge in [0.25, 0.3) is 0 Å². The van der Waals surface area contributed by atoms with Gasteiger partial charge in [-0.1, -0.05) is 25.5 Å². The van der Waals surface area contributed by atoms with Gasteiger partial charge in [-0.25, -0.2) is 0 Å². The number of amides is 2. The first-order valence-corrected chi connectivity index (χ1v) is 7.90. The van der Waals surface area contributed by atoms with Gasteiger partial charge in [-0.3, -0.25) is 14.4 Å². The highest BCUT2D eigenvalue weighted by molar-refractivity contribution is 5.89. The molecular formula is C17H24N2O5. The lowest BCUT2D eigenvalue weighted by molar-refractivity contribution is -0.144. The molecule has 132 valence electrons. The smallest absolute Gasteiger partial charge is 0.325 e. The number of benzene rings is 1. The molecule has 0 aromatic heterocycles. The predicted octanol–water partition coefficient (Wildman–Crippen LogP) is 0.899. The monoisotopic (exact) mass is 336 g/mol. The lowest BCUT2D eigenvalue weighted by Gasteiger charge is -2.17. The summed E-state index contributed by atoms with van der Waals surface area (Å²) >= 11 is 0. The SMILES string of the molecule is CCCCOC(=O)CNC(=O)C(Cc1ccc(O)cc1)NC(C)=O. The van der Waals surface area contributed by atoms with Crippen LogP contribution in [0.3, 0.4) is 0 Å². The van der Waals surface area contributed by atoms with E-state index in [-0.39, 0.29) is 24.6 Å². The molecular weight excluding hydrogens is 312 g/mol. The van der Waals surface area contributed by atoms with Gasteiger partial charge in [0.2, 0.25) is 11.8 Å². The van der Waals surface area contributed by atoms with Gasteiger partial charge in [0.05, 0.1) is 6.61 Å². The van der Waals surface area contributed by atoms with E-state index >= 15 is 0 Å². The molecule has 0 radical (unpaired) electrons. The fraction of sp³-hybridized carbons (Fsp3) is 0.471. The summed E-state index contributed by atoms with van der Waals surface area (Å²) in [4.78, 5) is 35.0. The highest BCUT2D eigenvalue weighted by Gasteiger charge is 2.20. The lowest BCUT2D eigenvalue weighted by Crippen LogP contribution is -2.48. The fourth-order valence-electron chi connectivity index (χ4n) is 1.99. The zero-order valence-electron chi connectivity index (χ0n) is 14.0. The Bertz CT molecular complexity index is 557. The van der Waals surface area contributed by atoms with Crippen molar-refractivity contribution >= 4 is 17.8 Å². The van der Waals surface area contributed by atoms with Gasteiger partial charge in [-0.05, 0) is 24.1 Å². The summed E-state index contributed by atoms with van der Waals surface area (Å²) in [6.07, 6.45) is 1.93. The van der Waals surface area contributed by atoms with Crippen LogP contribution >= 0.6 is 0 Å². The zero-order chi connectivity index (χ0) is 17.9. The molecule has 1 atom stereocenters. The molecule has 3 N–H and O–H groups in total. The molecule has 0 saturated carbocycles. The average molecular weight is 336 g/mol. The van der Waals surface area contributed by atoms with Crippen molar-refractivity contribution in [2.75, 3.05) is 13.2 Å². The Labute approximate surface area is 141 Å². The summed E-state index contributed by atoms with van der Waals surface area (Å²) in [5, 5.41) is 14.3. The number of rotatable bonds is 9. The third-order valence-corrected chi connectivity index (χ3v) is 3.24. The lowest BCUT2D eigenvalue weighted by atomic mass is 10.0. The number of hydrogen-bond donors (Lipinski definition) is 3. The molecule has 7 nitrogen and oxygen atoms in total. The Hall–Kier alpha value is -2.57. The van der Waals surface area contributed by atoms with Crippen LogP contribution in [0, 0.1) is 0 Å². The van der Waals surface area contributed by atoms with E-state index in [1.165, 1.54) is 19.1 Å². The first-order valence-electron chi connectivity index (χ1n) is 7.90. The van der Waals surface area contributed by atoms with Gasteiger partial charge in [0.15, 0.2) is 0 Å². The van der Waals surface area contributed by atoms with E-state index in [1.807, 2.05) is 6.92 Å². The van der Waals surface area contributed by atoms with Crippen molar-refractivity contribution in [2.24, 2.45) is 0 Å². The molecule has 0 aliphatic heterocycles. The van der Waals surface area contributed by atoms with Crippen LogP contribution in [0.2, 0.25) is 0 Å². The van der Waals surface area contributed by atoms with Crippen LogP contribution in [0.15, 0.2) is 24.3 Å². The largest absolute Gasteiger partial charge is 0.508 e. The van der Waals surface area contributed by atoms with Crippen LogP contribution in [-0.4, -0.2) is 42.1 Å². The van der Waals surface area contributed by atoms with Crippen molar-refractivity contribution in [3.05, 3.63) is 29.8 Å². The van der Waals surface area contributed by atoms with E-state index in [0.29, 0.717) is 6.61 Å². The molecule has 0 spiro atoms. The molecule has 1 unspecified atom stereocenters. The number of carbonyl (C=O) groups is 3. The van der Waals surface area contributed by atoms with Crippen LogP contribution in [-0.2, 0) is 25.5 Å². The fourth-order valence-corrected chi connectivity index (χ4v) is 1.99. The molecule has 0 aliphatic rings. The van der Waals surface area contributed by atoms with Crippen LogP contribution in [0.1, 0.15) is 32.3 Å². The maximum absolute atomic E-state index is 12.2. The van der Waals surface area contributed by atoms with Crippen molar-refractivity contribution in [3.63, 3.8) is 0 Å². The highest BCUT2D eigenvalue weighted by atomic mass is 16.5. The molecule has 7 heteroatoms. The summed E-state index contributed by atoms with van der Waals surface area (Å²) in [5.41, 5.74) is 0.771. The average Bonchev–Trinajstić information content (AvgIpc) is 2.54. The van der Waals surface area contributed by atoms with Crippen LogP contribution < -0.4 is 10.6 Å². The third-order valence-electron chi connectivity index (χ3n) is 3.24. The van der Waals surface area contributed by atoms with Crippen molar-refractivity contribution < 1.29 is 24.2 Å². The number of carbonyl (C=O) groups excluding carboxylic acids is 3. The number of phenolic OH excluding ortho intramolecular Hbond substituents is 1. The Morgan fingerprint density at radius 3 is 2.46 bits per heavy atom. The van der Waals surface area contributed by atoms with Gasteiger partial charge >= 0.3 is 5.97 Å². The van der Waals surface area contributed by atoms with Gasteiger partial charge in [-0.2, -0.15) is 0 Å². The van der Waals surface area contributed by atoms with Crippen molar-refractivity contribution in [2.45, 2.75) is 39.2 Å². The summed E-state index contributed by atoms with van der Waals surface area (Å²) in [6, 6.07) is 5.52. The Morgan fingerprint density at radius 2 is 1.88 bits per heavy atom. The van der Waals surface area contributed by atoms with Crippen molar-refractivity contribution in [1.29, 1.82) is 0 Å². The van der Waals surface area contributed by atoms with Gasteiger partial charge < -0.3 is 20.5 Å². The van der Waals surface area contributed by atoms with Crippen molar-refractivity contribution in [3.8, 4) is 5.75 Å². The molecule has 24 heavy (non-hydrogen) atoms. The molecule has 1 aromatic rings. The van der Waals surface area contributed by atoms with Gasteiger partial charge in [0.1, 0.15) is 18.3 Å². The molecule has 0 fully saturated rings. The number of nitrogens with one attached hydrogen (secondary N) is 2. The summed E-state index contributed by atoms with van der Waals surface area (Å²) in [6.45, 7) is 3.38. The van der Waals surface area contributed by atoms with Crippen LogP contribution in [0.4, 0.5) is 0 Å². The second-order valence-electron chi connectivity index (χ2n) is 5.42. The standard InChI is InChI=1S/C17H24N2O5/c1-3-4-9-24-16(22)11-18-17(23)15(19-12(2)20)10-13-5-7-14(21)8-6-13/h5-8,15,21H,3-4,9-11H2,1-2H3,(H,18,23)(H,19,20). The molecule has 1 aromatic carbocycles. The van der Waals surface area contributed by atoms with E-state index < -0.39 is 17.9 Å². The molecule has 1 rings (SSSR count). The summed E-state index contributed by atoms with van der Waals surface area (Å²) in [5.74, 6) is -1.21. The minimum atomic E-state index is -0.810. The normalized spacial score (nSPS) is 11.4. The summed E-state index contributed by atoms with van der Waals surface area (Å²) in [7, 11) is 0. The maximum Gasteiger partial charge on any atom is 0.325 e. The number of ether oxygens (including phenoxy) is 1. The second kappa shape index (κ2) is 10.3. The number of aromatic hydroxyl groups is 1. The molecule has 2 amide bonds. The van der Waals surface area contributed by atoms with E-state index in [0.717, 1.165) is 18.4 Å². The number of unbranched alkanes of at least 4 members (excludes halogenated alkanes) is 1. The van der Waals surface area contributed by atoms with Crippen molar-refractivity contribution in [1.82, 2.24) is 10.6 Å². The molecule has 0 saturated heterocycles. The van der Waals surface area contributed by atoms with E-state index in [4.69, 9.17) is 4.74 Å².